The maximum Gasteiger partial charge on any atom is 0.328 e. The summed E-state index contributed by atoms with van der Waals surface area (Å²) < 4.78 is 43.6. The summed E-state index contributed by atoms with van der Waals surface area (Å²) in [7, 11) is -0.673. The second-order valence-corrected chi connectivity index (χ2v) is 9.41. The van der Waals surface area contributed by atoms with Gasteiger partial charge in [-0.05, 0) is 60.7 Å². The fraction of sp³-hybridized carbons (Fsp3) is 0.0909. The van der Waals surface area contributed by atoms with Gasteiger partial charge in [-0.3, -0.25) is 18.7 Å². The van der Waals surface area contributed by atoms with Crippen LogP contribution in [0, 0.1) is 5.82 Å². The fourth-order valence-electron chi connectivity index (χ4n) is 3.34. The van der Waals surface area contributed by atoms with E-state index in [1.54, 1.807) is 32.3 Å². The maximum absolute atomic E-state index is 13.3. The van der Waals surface area contributed by atoms with Crippen LogP contribution >= 0.6 is 11.6 Å². The zero-order valence-corrected chi connectivity index (χ0v) is 19.0. The molecule has 0 atom stereocenters. The maximum atomic E-state index is 13.3. The number of halogens is 2. The molecule has 4 rings (SSSR count). The third kappa shape index (κ3) is 4.35. The van der Waals surface area contributed by atoms with E-state index < -0.39 is 21.7 Å². The molecule has 0 saturated carbocycles. The SMILES string of the molecule is Cn1c(=O)n(C)c2cc(NC(=O)c3ccc(NS(=O)(=O)c4ccc(F)c(Cl)c4)cc3)ccc21. The number of carbonyl (C=O) groups excluding carboxylic acids is 1. The molecule has 0 fully saturated rings. The predicted octanol–water partition coefficient (Wildman–Crippen LogP) is 3.72. The smallest absolute Gasteiger partial charge is 0.322 e. The molecule has 11 heteroatoms. The lowest BCUT2D eigenvalue weighted by Gasteiger charge is -2.10. The molecule has 0 radical (unpaired) electrons. The number of aryl methyl sites for hydroxylation is 2. The molecule has 0 aliphatic heterocycles. The van der Waals surface area contributed by atoms with E-state index in [-0.39, 0.29) is 21.3 Å². The lowest BCUT2D eigenvalue weighted by atomic mass is 10.2. The largest absolute Gasteiger partial charge is 0.328 e. The quantitative estimate of drug-likeness (QED) is 0.447. The van der Waals surface area contributed by atoms with Crippen LogP contribution in [0.1, 0.15) is 10.4 Å². The molecule has 0 unspecified atom stereocenters. The number of sulfonamides is 1. The van der Waals surface area contributed by atoms with Crippen LogP contribution in [0.15, 0.2) is 70.4 Å². The van der Waals surface area contributed by atoms with Gasteiger partial charge in [0.2, 0.25) is 0 Å². The number of aromatic nitrogens is 2. The van der Waals surface area contributed by atoms with Crippen molar-refractivity contribution in [3.8, 4) is 0 Å². The van der Waals surface area contributed by atoms with Gasteiger partial charge in [-0.1, -0.05) is 11.6 Å². The Morgan fingerprint density at radius 1 is 0.909 bits per heavy atom. The number of hydrogen-bond donors (Lipinski definition) is 2. The Balaban J connectivity index is 1.50. The number of benzene rings is 3. The highest BCUT2D eigenvalue weighted by atomic mass is 35.5. The molecule has 0 spiro atoms. The van der Waals surface area contributed by atoms with Gasteiger partial charge in [0.1, 0.15) is 5.82 Å². The molecule has 0 saturated heterocycles. The van der Waals surface area contributed by atoms with E-state index in [1.165, 1.54) is 33.4 Å². The van der Waals surface area contributed by atoms with E-state index in [2.05, 4.69) is 10.0 Å². The Bertz CT molecular complexity index is 1560. The van der Waals surface area contributed by atoms with Crippen LogP contribution in [0.5, 0.6) is 0 Å². The van der Waals surface area contributed by atoms with Crippen molar-refractivity contribution in [2.24, 2.45) is 14.1 Å². The van der Waals surface area contributed by atoms with Gasteiger partial charge in [0.15, 0.2) is 0 Å². The molecule has 1 aromatic heterocycles. The number of rotatable bonds is 5. The third-order valence-corrected chi connectivity index (χ3v) is 6.80. The van der Waals surface area contributed by atoms with Crippen molar-refractivity contribution in [1.29, 1.82) is 0 Å². The van der Waals surface area contributed by atoms with Crippen molar-refractivity contribution in [3.63, 3.8) is 0 Å². The van der Waals surface area contributed by atoms with E-state index in [0.717, 1.165) is 23.7 Å². The fourth-order valence-corrected chi connectivity index (χ4v) is 4.67. The molecule has 3 aromatic carbocycles. The van der Waals surface area contributed by atoms with Crippen LogP contribution in [-0.4, -0.2) is 23.5 Å². The molecule has 170 valence electrons. The van der Waals surface area contributed by atoms with Crippen molar-refractivity contribution in [3.05, 3.63) is 87.6 Å². The van der Waals surface area contributed by atoms with Gasteiger partial charge in [-0.15, -0.1) is 0 Å². The summed E-state index contributed by atoms with van der Waals surface area (Å²) in [6, 6.07) is 14.0. The average molecular weight is 489 g/mol. The minimum atomic E-state index is -3.99. The third-order valence-electron chi connectivity index (χ3n) is 5.13. The molecule has 1 heterocycles. The van der Waals surface area contributed by atoms with E-state index in [0.29, 0.717) is 16.8 Å². The zero-order valence-electron chi connectivity index (χ0n) is 17.5. The highest BCUT2D eigenvalue weighted by molar-refractivity contribution is 7.92. The molecule has 4 aromatic rings. The van der Waals surface area contributed by atoms with Crippen LogP contribution in [0.25, 0.3) is 11.0 Å². The Kier molecular flexibility index (Phi) is 5.73. The van der Waals surface area contributed by atoms with Crippen LogP contribution < -0.4 is 15.7 Å². The van der Waals surface area contributed by atoms with Gasteiger partial charge in [0.05, 0.1) is 21.0 Å². The number of hydrogen-bond acceptors (Lipinski definition) is 4. The monoisotopic (exact) mass is 488 g/mol. The highest BCUT2D eigenvalue weighted by Gasteiger charge is 2.17. The first-order valence-corrected chi connectivity index (χ1v) is 11.5. The van der Waals surface area contributed by atoms with Gasteiger partial charge < -0.3 is 5.32 Å². The molecule has 0 aliphatic carbocycles. The molecule has 0 aliphatic rings. The van der Waals surface area contributed by atoms with Gasteiger partial charge in [-0.2, -0.15) is 0 Å². The topological polar surface area (TPSA) is 102 Å². The van der Waals surface area contributed by atoms with Crippen molar-refractivity contribution in [2.75, 3.05) is 10.0 Å². The second kappa shape index (κ2) is 8.38. The van der Waals surface area contributed by atoms with Crippen molar-refractivity contribution >= 4 is 49.9 Å². The summed E-state index contributed by atoms with van der Waals surface area (Å²) in [4.78, 5) is 24.5. The number of nitrogens with one attached hydrogen (secondary N) is 2. The molecular formula is C22H18ClFN4O4S. The molecule has 0 bridgehead atoms. The lowest BCUT2D eigenvalue weighted by molar-refractivity contribution is 0.102. The van der Waals surface area contributed by atoms with Crippen LogP contribution in [0.4, 0.5) is 15.8 Å². The minimum Gasteiger partial charge on any atom is -0.322 e. The lowest BCUT2D eigenvalue weighted by Crippen LogP contribution is -2.19. The number of nitrogens with zero attached hydrogens (tertiary/aromatic N) is 2. The molecular weight excluding hydrogens is 471 g/mol. The van der Waals surface area contributed by atoms with Crippen LogP contribution in [0.3, 0.4) is 0 Å². The summed E-state index contributed by atoms with van der Waals surface area (Å²) in [6.07, 6.45) is 0. The Morgan fingerprint density at radius 3 is 2.21 bits per heavy atom. The molecule has 1 amide bonds. The van der Waals surface area contributed by atoms with Gasteiger partial charge in [0, 0.05) is 31.0 Å². The molecule has 8 nitrogen and oxygen atoms in total. The van der Waals surface area contributed by atoms with Crippen molar-refractivity contribution in [2.45, 2.75) is 4.90 Å². The first-order valence-electron chi connectivity index (χ1n) is 9.61. The van der Waals surface area contributed by atoms with Gasteiger partial charge in [0.25, 0.3) is 15.9 Å². The van der Waals surface area contributed by atoms with Crippen molar-refractivity contribution < 1.29 is 17.6 Å². The van der Waals surface area contributed by atoms with Gasteiger partial charge in [-0.25, -0.2) is 17.6 Å². The Hall–Kier alpha value is -3.63. The van der Waals surface area contributed by atoms with E-state index in [4.69, 9.17) is 11.6 Å². The normalized spacial score (nSPS) is 11.5. The van der Waals surface area contributed by atoms with E-state index in [1.807, 2.05) is 0 Å². The zero-order chi connectivity index (χ0) is 23.9. The summed E-state index contributed by atoms with van der Waals surface area (Å²) >= 11 is 5.67. The first kappa shape index (κ1) is 22.6. The summed E-state index contributed by atoms with van der Waals surface area (Å²) in [5.74, 6) is -1.13. The number of amides is 1. The number of fused-ring (bicyclic) bond motifs is 1. The Labute approximate surface area is 193 Å². The number of carbonyl (C=O) groups is 1. The van der Waals surface area contributed by atoms with Crippen molar-refractivity contribution in [1.82, 2.24) is 9.13 Å². The van der Waals surface area contributed by atoms with Crippen LogP contribution in [0.2, 0.25) is 5.02 Å². The Morgan fingerprint density at radius 2 is 1.55 bits per heavy atom. The van der Waals surface area contributed by atoms with E-state index >= 15 is 0 Å². The second-order valence-electron chi connectivity index (χ2n) is 7.32. The van der Waals surface area contributed by atoms with E-state index in [9.17, 15) is 22.4 Å². The number of anilines is 2. The summed E-state index contributed by atoms with van der Waals surface area (Å²) in [6.45, 7) is 0. The molecule has 2 N–H and O–H groups in total. The predicted molar refractivity (Wildman–Crippen MR) is 125 cm³/mol. The van der Waals surface area contributed by atoms with Crippen LogP contribution in [-0.2, 0) is 24.1 Å². The number of imidazole rings is 1. The summed E-state index contributed by atoms with van der Waals surface area (Å²) in [5, 5.41) is 2.45. The standard InChI is InChI=1S/C22H18ClFN4O4S/c1-27-19-10-7-15(11-20(19)28(2)22(27)30)25-21(29)13-3-5-14(6-4-13)26-33(31,32)16-8-9-18(24)17(23)12-16/h3-12,26H,1-2H3,(H,25,29). The molecule has 33 heavy (non-hydrogen) atoms. The minimum absolute atomic E-state index is 0.172. The highest BCUT2D eigenvalue weighted by Crippen LogP contribution is 2.23. The first-order chi connectivity index (χ1) is 15.6. The van der Waals surface area contributed by atoms with Gasteiger partial charge >= 0.3 is 5.69 Å². The average Bonchev–Trinajstić information content (AvgIpc) is 2.99. The summed E-state index contributed by atoms with van der Waals surface area (Å²) in [5.41, 5.74) is 2.25.